The molecule has 4 unspecified atom stereocenters. The predicted octanol–water partition coefficient (Wildman–Crippen LogP) is 4.14. The van der Waals surface area contributed by atoms with E-state index in [1.807, 2.05) is 0 Å². The maximum Gasteiger partial charge on any atom is 0.0685 e. The fourth-order valence-electron chi connectivity index (χ4n) is 6.24. The van der Waals surface area contributed by atoms with Crippen molar-refractivity contribution in [3.8, 4) is 0 Å². The molecule has 0 radical (unpaired) electrons. The van der Waals surface area contributed by atoms with E-state index in [2.05, 4.69) is 12.4 Å². The lowest BCUT2D eigenvalue weighted by molar-refractivity contribution is -0.122. The maximum absolute atomic E-state index is 6.32. The van der Waals surface area contributed by atoms with Crippen LogP contribution in [0.1, 0.15) is 70.6 Å². The van der Waals surface area contributed by atoms with Gasteiger partial charge in [0.05, 0.1) is 5.60 Å². The monoisotopic (exact) mass is 291 g/mol. The van der Waals surface area contributed by atoms with Crippen LogP contribution in [0.4, 0.5) is 0 Å². The zero-order valence-corrected chi connectivity index (χ0v) is 13.8. The van der Waals surface area contributed by atoms with Crippen LogP contribution in [-0.2, 0) is 4.74 Å². The highest BCUT2D eigenvalue weighted by Crippen LogP contribution is 2.59. The number of ether oxygens (including phenoxy) is 1. The largest absolute Gasteiger partial charge is 0.375 e. The van der Waals surface area contributed by atoms with E-state index in [0.29, 0.717) is 0 Å². The minimum absolute atomic E-state index is 0.274. The first-order chi connectivity index (χ1) is 10.3. The Morgan fingerprint density at radius 1 is 0.952 bits per heavy atom. The fraction of sp³-hybridized carbons (Fsp3) is 1.00. The fourth-order valence-corrected chi connectivity index (χ4v) is 6.24. The van der Waals surface area contributed by atoms with E-state index < -0.39 is 0 Å². The molecule has 0 aromatic carbocycles. The summed E-state index contributed by atoms with van der Waals surface area (Å²) in [6.07, 6.45) is 15.5. The van der Waals surface area contributed by atoms with Gasteiger partial charge in [-0.3, -0.25) is 0 Å². The van der Waals surface area contributed by atoms with E-state index in [0.717, 1.165) is 36.3 Å². The molecule has 1 spiro atoms. The van der Waals surface area contributed by atoms with E-state index in [4.69, 9.17) is 4.74 Å². The summed E-state index contributed by atoms with van der Waals surface area (Å²) in [6.45, 7) is 1.02. The van der Waals surface area contributed by atoms with Gasteiger partial charge in [0.1, 0.15) is 0 Å². The average molecular weight is 291 g/mol. The number of nitrogens with one attached hydrogen (secondary N) is 1. The van der Waals surface area contributed by atoms with Crippen molar-refractivity contribution >= 4 is 0 Å². The standard InChI is InChI=1S/C19H33NO/c1-20-18(17-15-7-3-4-8-16(15)17)14-9-12-21-19(13-14)10-5-2-6-11-19/h14-18,20H,2-13H2,1H3. The lowest BCUT2D eigenvalue weighted by Crippen LogP contribution is -2.48. The molecule has 3 saturated carbocycles. The molecule has 1 saturated heterocycles. The summed E-state index contributed by atoms with van der Waals surface area (Å²) < 4.78 is 6.32. The van der Waals surface area contributed by atoms with Crippen LogP contribution in [0.25, 0.3) is 0 Å². The molecule has 4 fully saturated rings. The molecule has 120 valence electrons. The molecule has 0 aromatic heterocycles. The van der Waals surface area contributed by atoms with E-state index in [9.17, 15) is 0 Å². The minimum atomic E-state index is 0.274. The van der Waals surface area contributed by atoms with E-state index >= 15 is 0 Å². The van der Waals surface area contributed by atoms with Crippen molar-refractivity contribution in [3.05, 3.63) is 0 Å². The molecule has 3 aliphatic carbocycles. The quantitative estimate of drug-likeness (QED) is 0.844. The van der Waals surface area contributed by atoms with Gasteiger partial charge in [0.2, 0.25) is 0 Å². The number of hydrogen-bond acceptors (Lipinski definition) is 2. The third-order valence-corrected chi connectivity index (χ3v) is 7.27. The van der Waals surface area contributed by atoms with Crippen molar-refractivity contribution < 1.29 is 4.74 Å². The van der Waals surface area contributed by atoms with Crippen molar-refractivity contribution in [1.82, 2.24) is 5.32 Å². The SMILES string of the molecule is CNC(C1CCOC2(CCCCC2)C1)C1C2CCCCC21. The molecule has 4 aliphatic rings. The second-order valence-electron chi connectivity index (χ2n) is 8.35. The van der Waals surface area contributed by atoms with Crippen LogP contribution in [0.3, 0.4) is 0 Å². The Hall–Kier alpha value is -0.0800. The van der Waals surface area contributed by atoms with Crippen molar-refractivity contribution in [3.63, 3.8) is 0 Å². The van der Waals surface area contributed by atoms with E-state index in [1.165, 1.54) is 70.6 Å². The van der Waals surface area contributed by atoms with Gasteiger partial charge in [0.25, 0.3) is 0 Å². The average Bonchev–Trinajstić information content (AvgIpc) is 3.24. The van der Waals surface area contributed by atoms with Crippen LogP contribution in [-0.4, -0.2) is 25.3 Å². The number of fused-ring (bicyclic) bond motifs is 1. The molecule has 2 heteroatoms. The van der Waals surface area contributed by atoms with Crippen LogP contribution in [0.2, 0.25) is 0 Å². The molecule has 1 aliphatic heterocycles. The lowest BCUT2D eigenvalue weighted by atomic mass is 9.73. The normalized spacial score (nSPS) is 43.3. The summed E-state index contributed by atoms with van der Waals surface area (Å²) in [5, 5.41) is 3.76. The summed E-state index contributed by atoms with van der Waals surface area (Å²) in [5.41, 5.74) is 0.274. The summed E-state index contributed by atoms with van der Waals surface area (Å²) in [4.78, 5) is 0. The van der Waals surface area contributed by atoms with Gasteiger partial charge in [-0.15, -0.1) is 0 Å². The Labute approximate surface area is 130 Å². The predicted molar refractivity (Wildman–Crippen MR) is 86.3 cm³/mol. The molecule has 4 atom stereocenters. The summed E-state index contributed by atoms with van der Waals surface area (Å²) >= 11 is 0. The number of hydrogen-bond donors (Lipinski definition) is 1. The van der Waals surface area contributed by atoms with Crippen LogP contribution >= 0.6 is 0 Å². The van der Waals surface area contributed by atoms with Crippen molar-refractivity contribution in [2.45, 2.75) is 82.3 Å². The summed E-state index contributed by atoms with van der Waals surface area (Å²) in [5.74, 6) is 4.02. The molecule has 1 heterocycles. The molecular formula is C19H33NO. The highest BCUT2D eigenvalue weighted by atomic mass is 16.5. The second-order valence-corrected chi connectivity index (χ2v) is 8.35. The molecule has 0 amide bonds. The van der Waals surface area contributed by atoms with Gasteiger partial charge >= 0.3 is 0 Å². The molecule has 1 N–H and O–H groups in total. The number of rotatable bonds is 3. The minimum Gasteiger partial charge on any atom is -0.375 e. The molecule has 0 aromatic rings. The van der Waals surface area contributed by atoms with Crippen LogP contribution in [0.5, 0.6) is 0 Å². The first kappa shape index (κ1) is 14.5. The first-order valence-electron chi connectivity index (χ1n) is 9.64. The van der Waals surface area contributed by atoms with Gasteiger partial charge in [-0.25, -0.2) is 0 Å². The van der Waals surface area contributed by atoms with Crippen LogP contribution in [0.15, 0.2) is 0 Å². The van der Waals surface area contributed by atoms with Gasteiger partial charge in [-0.2, -0.15) is 0 Å². The zero-order chi connectivity index (χ0) is 14.3. The topological polar surface area (TPSA) is 21.3 Å². The van der Waals surface area contributed by atoms with Gasteiger partial charge < -0.3 is 10.1 Å². The Bertz CT molecular complexity index is 345. The van der Waals surface area contributed by atoms with Gasteiger partial charge in [0.15, 0.2) is 0 Å². The van der Waals surface area contributed by atoms with Crippen molar-refractivity contribution in [2.75, 3.05) is 13.7 Å². The Morgan fingerprint density at radius 2 is 1.67 bits per heavy atom. The van der Waals surface area contributed by atoms with Crippen LogP contribution < -0.4 is 5.32 Å². The highest BCUT2D eigenvalue weighted by molar-refractivity contribution is 5.07. The molecule has 2 nitrogen and oxygen atoms in total. The third kappa shape index (κ3) is 2.67. The Balaban J connectivity index is 1.44. The smallest absolute Gasteiger partial charge is 0.0685 e. The van der Waals surface area contributed by atoms with E-state index in [1.54, 1.807) is 0 Å². The van der Waals surface area contributed by atoms with Crippen molar-refractivity contribution in [1.29, 1.82) is 0 Å². The van der Waals surface area contributed by atoms with Gasteiger partial charge in [-0.1, -0.05) is 32.1 Å². The van der Waals surface area contributed by atoms with E-state index in [-0.39, 0.29) is 5.60 Å². The van der Waals surface area contributed by atoms with Gasteiger partial charge in [-0.05, 0) is 69.2 Å². The first-order valence-corrected chi connectivity index (χ1v) is 9.64. The second kappa shape index (κ2) is 5.85. The summed E-state index contributed by atoms with van der Waals surface area (Å²) in [7, 11) is 2.22. The highest BCUT2D eigenvalue weighted by Gasteiger charge is 2.56. The van der Waals surface area contributed by atoms with Gasteiger partial charge in [0, 0.05) is 12.6 Å². The molecule has 0 bridgehead atoms. The Morgan fingerprint density at radius 3 is 2.33 bits per heavy atom. The molecular weight excluding hydrogens is 258 g/mol. The van der Waals surface area contributed by atoms with Crippen molar-refractivity contribution in [2.24, 2.45) is 23.7 Å². The molecule has 21 heavy (non-hydrogen) atoms. The lowest BCUT2D eigenvalue weighted by Gasteiger charge is -2.45. The maximum atomic E-state index is 6.32. The Kier molecular flexibility index (Phi) is 4.04. The third-order valence-electron chi connectivity index (χ3n) is 7.27. The molecule has 4 rings (SSSR count). The summed E-state index contributed by atoms with van der Waals surface area (Å²) in [6, 6.07) is 0.779. The van der Waals surface area contributed by atoms with Crippen LogP contribution in [0, 0.1) is 23.7 Å². The zero-order valence-electron chi connectivity index (χ0n) is 13.8.